The standard InChI is InChI=1S/C32H26N2O6/c35-17-21(15-19-7-3-1-4-8-19)33-29(37)23-11-13-25-28-26(14-12-24(27(23)28)30(33)38)32(40)34(31(25)39)22(18-36)16-20-9-5-2-6-10-20/h1-14,21-22,35-36H,15-18H2. The normalized spacial score (nSPS) is 16.1. The molecule has 2 aliphatic rings. The fourth-order valence-corrected chi connectivity index (χ4v) is 5.82. The minimum absolute atomic E-state index is 0.193. The molecule has 0 aliphatic carbocycles. The zero-order valence-electron chi connectivity index (χ0n) is 21.5. The second kappa shape index (κ2) is 10.1. The summed E-state index contributed by atoms with van der Waals surface area (Å²) in [6, 6.07) is 23.0. The van der Waals surface area contributed by atoms with E-state index in [0.29, 0.717) is 0 Å². The summed E-state index contributed by atoms with van der Waals surface area (Å²) >= 11 is 0. The molecule has 4 aromatic rings. The van der Waals surface area contributed by atoms with E-state index in [4.69, 9.17) is 0 Å². The predicted octanol–water partition coefficient (Wildman–Crippen LogP) is 3.24. The third-order valence-corrected chi connectivity index (χ3v) is 7.74. The Balaban J connectivity index is 1.41. The Hall–Kier alpha value is -4.66. The molecule has 2 unspecified atom stereocenters. The van der Waals surface area contributed by atoms with Gasteiger partial charge in [0.2, 0.25) is 0 Å². The molecule has 4 amide bonds. The molecule has 0 radical (unpaired) electrons. The van der Waals surface area contributed by atoms with Gasteiger partial charge in [-0.25, -0.2) is 0 Å². The molecule has 4 aromatic carbocycles. The average Bonchev–Trinajstić information content (AvgIpc) is 2.98. The maximum atomic E-state index is 13.7. The Bertz CT molecular complexity index is 1470. The molecule has 0 saturated carbocycles. The lowest BCUT2D eigenvalue weighted by Gasteiger charge is -2.36. The maximum absolute atomic E-state index is 13.7. The number of amides is 4. The van der Waals surface area contributed by atoms with Crippen LogP contribution in [-0.4, -0.2) is 68.9 Å². The second-order valence-electron chi connectivity index (χ2n) is 10.1. The minimum atomic E-state index is -0.792. The highest BCUT2D eigenvalue weighted by Crippen LogP contribution is 2.39. The van der Waals surface area contributed by atoms with E-state index in [-0.39, 0.29) is 45.9 Å². The molecule has 200 valence electrons. The van der Waals surface area contributed by atoms with Crippen molar-refractivity contribution in [1.29, 1.82) is 0 Å². The molecular weight excluding hydrogens is 508 g/mol. The number of rotatable bonds is 8. The minimum Gasteiger partial charge on any atom is -0.394 e. The number of hydrogen-bond donors (Lipinski definition) is 2. The van der Waals surface area contributed by atoms with Crippen molar-refractivity contribution in [2.45, 2.75) is 24.9 Å². The highest BCUT2D eigenvalue weighted by molar-refractivity contribution is 6.33. The Morgan fingerprint density at radius 1 is 0.475 bits per heavy atom. The first-order valence-electron chi connectivity index (χ1n) is 13.1. The molecule has 2 atom stereocenters. The van der Waals surface area contributed by atoms with E-state index in [0.717, 1.165) is 20.9 Å². The predicted molar refractivity (Wildman–Crippen MR) is 147 cm³/mol. The summed E-state index contributed by atoms with van der Waals surface area (Å²) in [7, 11) is 0. The molecule has 0 saturated heterocycles. The third-order valence-electron chi connectivity index (χ3n) is 7.74. The summed E-state index contributed by atoms with van der Waals surface area (Å²) in [5.74, 6) is -2.35. The summed E-state index contributed by atoms with van der Waals surface area (Å²) < 4.78 is 0. The first-order valence-corrected chi connectivity index (χ1v) is 13.1. The molecule has 2 aliphatic heterocycles. The summed E-state index contributed by atoms with van der Waals surface area (Å²) in [6.07, 6.45) is 0.554. The number of hydrogen-bond acceptors (Lipinski definition) is 6. The lowest BCUT2D eigenvalue weighted by molar-refractivity contribution is 0.0452. The fraction of sp³-hybridized carbons (Fsp3) is 0.188. The monoisotopic (exact) mass is 534 g/mol. The first kappa shape index (κ1) is 25.6. The van der Waals surface area contributed by atoms with Gasteiger partial charge in [-0.2, -0.15) is 0 Å². The van der Waals surface area contributed by atoms with Gasteiger partial charge in [-0.05, 0) is 48.2 Å². The Morgan fingerprint density at radius 3 is 1.05 bits per heavy atom. The fourth-order valence-electron chi connectivity index (χ4n) is 5.82. The van der Waals surface area contributed by atoms with Crippen LogP contribution in [0.1, 0.15) is 52.6 Å². The van der Waals surface area contributed by atoms with E-state index in [9.17, 15) is 29.4 Å². The van der Waals surface area contributed by atoms with Crippen LogP contribution in [-0.2, 0) is 12.8 Å². The third kappa shape index (κ3) is 4.00. The van der Waals surface area contributed by atoms with Crippen molar-refractivity contribution in [2.75, 3.05) is 13.2 Å². The molecule has 8 heteroatoms. The summed E-state index contributed by atoms with van der Waals surface area (Å²) in [5, 5.41) is 20.9. The van der Waals surface area contributed by atoms with Crippen LogP contribution in [0.4, 0.5) is 0 Å². The lowest BCUT2D eigenvalue weighted by atomic mass is 9.84. The highest BCUT2D eigenvalue weighted by Gasteiger charge is 2.43. The molecule has 2 N–H and O–H groups in total. The van der Waals surface area contributed by atoms with E-state index in [1.54, 1.807) is 0 Å². The van der Waals surface area contributed by atoms with Gasteiger partial charge in [0.1, 0.15) is 0 Å². The molecule has 0 bridgehead atoms. The van der Waals surface area contributed by atoms with Gasteiger partial charge in [0.05, 0.1) is 25.3 Å². The summed E-state index contributed by atoms with van der Waals surface area (Å²) in [5.41, 5.74) is 2.50. The summed E-state index contributed by atoms with van der Waals surface area (Å²) in [6.45, 7) is -0.839. The number of nitrogens with zero attached hydrogens (tertiary/aromatic N) is 2. The van der Waals surface area contributed by atoms with E-state index < -0.39 is 48.9 Å². The van der Waals surface area contributed by atoms with Gasteiger partial charge < -0.3 is 10.2 Å². The zero-order valence-corrected chi connectivity index (χ0v) is 21.5. The zero-order chi connectivity index (χ0) is 28.0. The van der Waals surface area contributed by atoms with E-state index in [1.807, 2.05) is 60.7 Å². The summed E-state index contributed by atoms with van der Waals surface area (Å²) in [4.78, 5) is 56.9. The first-order chi connectivity index (χ1) is 19.4. The van der Waals surface area contributed by atoms with Crippen LogP contribution in [0.2, 0.25) is 0 Å². The number of carbonyl (C=O) groups excluding carboxylic acids is 4. The van der Waals surface area contributed by atoms with E-state index in [1.165, 1.54) is 24.3 Å². The molecule has 40 heavy (non-hydrogen) atoms. The van der Waals surface area contributed by atoms with Crippen molar-refractivity contribution in [2.24, 2.45) is 0 Å². The van der Waals surface area contributed by atoms with Gasteiger partial charge in [0.25, 0.3) is 23.6 Å². The maximum Gasteiger partial charge on any atom is 0.261 e. The molecule has 0 spiro atoms. The van der Waals surface area contributed by atoms with Crippen LogP contribution in [0.25, 0.3) is 10.8 Å². The van der Waals surface area contributed by atoms with Crippen LogP contribution in [0.15, 0.2) is 84.9 Å². The van der Waals surface area contributed by atoms with Gasteiger partial charge in [0.15, 0.2) is 0 Å². The van der Waals surface area contributed by atoms with Crippen molar-refractivity contribution in [3.8, 4) is 0 Å². The Labute approximate surface area is 230 Å². The largest absolute Gasteiger partial charge is 0.394 e. The van der Waals surface area contributed by atoms with Crippen LogP contribution < -0.4 is 0 Å². The van der Waals surface area contributed by atoms with Gasteiger partial charge in [-0.3, -0.25) is 29.0 Å². The van der Waals surface area contributed by atoms with Crippen molar-refractivity contribution in [1.82, 2.24) is 9.80 Å². The van der Waals surface area contributed by atoms with Crippen molar-refractivity contribution in [3.63, 3.8) is 0 Å². The number of imide groups is 2. The van der Waals surface area contributed by atoms with Crippen molar-refractivity contribution < 1.29 is 29.4 Å². The molecule has 6 rings (SSSR count). The van der Waals surface area contributed by atoms with Crippen molar-refractivity contribution in [3.05, 3.63) is 118 Å². The number of benzene rings is 4. The quantitative estimate of drug-likeness (QED) is 0.336. The van der Waals surface area contributed by atoms with Gasteiger partial charge in [0, 0.05) is 33.0 Å². The average molecular weight is 535 g/mol. The topological polar surface area (TPSA) is 115 Å². The number of aliphatic hydroxyl groups is 2. The van der Waals surface area contributed by atoms with Crippen LogP contribution >= 0.6 is 0 Å². The lowest BCUT2D eigenvalue weighted by Crippen LogP contribution is -2.51. The van der Waals surface area contributed by atoms with Crippen LogP contribution in [0.3, 0.4) is 0 Å². The molecule has 0 aromatic heterocycles. The van der Waals surface area contributed by atoms with Crippen molar-refractivity contribution >= 4 is 34.4 Å². The Kier molecular flexibility index (Phi) is 6.50. The van der Waals surface area contributed by atoms with E-state index in [2.05, 4.69) is 0 Å². The number of carbonyl (C=O) groups is 4. The SMILES string of the molecule is O=C1c2ccc3c4c(ccc(c24)C(=O)N1C(CO)Cc1ccccc1)C(=O)N(C(CO)Cc1ccccc1)C3=O. The Morgan fingerprint density at radius 2 is 0.775 bits per heavy atom. The van der Waals surface area contributed by atoms with Gasteiger partial charge >= 0.3 is 0 Å². The smallest absolute Gasteiger partial charge is 0.261 e. The molecule has 2 heterocycles. The van der Waals surface area contributed by atoms with Gasteiger partial charge in [-0.15, -0.1) is 0 Å². The van der Waals surface area contributed by atoms with Crippen LogP contribution in [0, 0.1) is 0 Å². The molecule has 0 fully saturated rings. The van der Waals surface area contributed by atoms with Crippen LogP contribution in [0.5, 0.6) is 0 Å². The molecular formula is C32H26N2O6. The van der Waals surface area contributed by atoms with Gasteiger partial charge in [-0.1, -0.05) is 60.7 Å². The second-order valence-corrected chi connectivity index (χ2v) is 10.1. The van der Waals surface area contributed by atoms with E-state index >= 15 is 0 Å². The number of aliphatic hydroxyl groups excluding tert-OH is 2. The molecule has 8 nitrogen and oxygen atoms in total. The highest BCUT2D eigenvalue weighted by atomic mass is 16.3.